The summed E-state index contributed by atoms with van der Waals surface area (Å²) in [6, 6.07) is 0. The second-order valence-electron chi connectivity index (χ2n) is 2.96. The van der Waals surface area contributed by atoms with Crippen LogP contribution in [0.5, 0.6) is 0 Å². The zero-order valence-corrected chi connectivity index (χ0v) is 9.98. The number of hydrogen-bond acceptors (Lipinski definition) is 7. The first-order valence-electron chi connectivity index (χ1n) is 4.26. The van der Waals surface area contributed by atoms with E-state index >= 15 is 0 Å². The van der Waals surface area contributed by atoms with Gasteiger partial charge < -0.3 is 10.3 Å². The molecule has 0 amide bonds. The molecule has 0 fully saturated rings. The fourth-order valence-electron chi connectivity index (χ4n) is 1.19. The molecule has 0 unspecified atom stereocenters. The molecule has 80 valence electrons. The number of rotatable bonds is 3. The molecule has 2 N–H and O–H groups in total. The smallest absolute Gasteiger partial charge is 0.262 e. The predicted molar refractivity (Wildman–Crippen MR) is 61.8 cm³/mol. The van der Waals surface area contributed by atoms with Crippen molar-refractivity contribution in [2.75, 3.05) is 12.0 Å². The summed E-state index contributed by atoms with van der Waals surface area (Å²) in [5.74, 6) is 1.88. The quantitative estimate of drug-likeness (QED) is 0.886. The highest BCUT2D eigenvalue weighted by molar-refractivity contribution is 7.97. The minimum absolute atomic E-state index is 0.461. The summed E-state index contributed by atoms with van der Waals surface area (Å²) in [5, 5.41) is 4.48. The molecule has 0 atom stereocenters. The normalized spacial score (nSPS) is 10.8. The van der Waals surface area contributed by atoms with E-state index in [2.05, 4.69) is 14.5 Å². The Morgan fingerprint density at radius 3 is 2.93 bits per heavy atom. The number of aromatic nitrogens is 3. The van der Waals surface area contributed by atoms with E-state index < -0.39 is 0 Å². The van der Waals surface area contributed by atoms with Crippen molar-refractivity contribution in [1.82, 2.24) is 14.5 Å². The largest absolute Gasteiger partial charge is 0.389 e. The second-order valence-corrected chi connectivity index (χ2v) is 4.63. The van der Waals surface area contributed by atoms with Crippen LogP contribution in [0.2, 0.25) is 0 Å². The van der Waals surface area contributed by atoms with Gasteiger partial charge in [-0.25, -0.2) is 0 Å². The third kappa shape index (κ3) is 1.98. The average Bonchev–Trinajstić information content (AvgIpc) is 2.75. The van der Waals surface area contributed by atoms with Gasteiger partial charge >= 0.3 is 0 Å². The Labute approximate surface area is 95.2 Å². The van der Waals surface area contributed by atoms with E-state index in [4.69, 9.17) is 10.3 Å². The lowest BCUT2D eigenvalue weighted by Crippen LogP contribution is -1.87. The van der Waals surface area contributed by atoms with Crippen LogP contribution in [-0.2, 0) is 5.75 Å². The Morgan fingerprint density at radius 1 is 1.53 bits per heavy atom. The number of nitrogens with zero attached hydrogens (tertiary/aromatic N) is 3. The molecule has 7 heteroatoms. The van der Waals surface area contributed by atoms with Gasteiger partial charge in [-0.15, -0.1) is 0 Å². The maximum atomic E-state index is 5.78. The molecule has 5 nitrogen and oxygen atoms in total. The molecule has 0 aliphatic heterocycles. The lowest BCUT2D eigenvalue weighted by molar-refractivity contribution is 0.425. The van der Waals surface area contributed by atoms with E-state index in [1.54, 1.807) is 11.8 Å². The Balaban J connectivity index is 2.37. The van der Waals surface area contributed by atoms with Gasteiger partial charge in [-0.3, -0.25) is 0 Å². The van der Waals surface area contributed by atoms with Gasteiger partial charge in [0.25, 0.3) is 5.89 Å². The Kier molecular flexibility index (Phi) is 2.92. The lowest BCUT2D eigenvalue weighted by Gasteiger charge is -1.91. The summed E-state index contributed by atoms with van der Waals surface area (Å²) >= 11 is 2.89. The monoisotopic (exact) mass is 242 g/mol. The van der Waals surface area contributed by atoms with E-state index in [-0.39, 0.29) is 0 Å². The van der Waals surface area contributed by atoms with Gasteiger partial charge in [0.15, 0.2) is 5.82 Å². The van der Waals surface area contributed by atoms with Crippen LogP contribution in [0.4, 0.5) is 5.00 Å². The third-order valence-electron chi connectivity index (χ3n) is 1.84. The molecule has 15 heavy (non-hydrogen) atoms. The number of hydrogen-bond donors (Lipinski definition) is 1. The third-order valence-corrected chi connectivity index (χ3v) is 3.16. The molecule has 2 aromatic rings. The molecule has 0 aromatic carbocycles. The van der Waals surface area contributed by atoms with Crippen LogP contribution in [0.15, 0.2) is 4.52 Å². The molecule has 0 saturated heterocycles. The maximum Gasteiger partial charge on any atom is 0.262 e. The van der Waals surface area contributed by atoms with Gasteiger partial charge in [-0.2, -0.15) is 21.1 Å². The Morgan fingerprint density at radius 2 is 2.33 bits per heavy atom. The summed E-state index contributed by atoms with van der Waals surface area (Å²) in [5.41, 5.74) is 7.37. The van der Waals surface area contributed by atoms with Crippen molar-refractivity contribution in [3.8, 4) is 11.5 Å². The summed E-state index contributed by atoms with van der Waals surface area (Å²) in [7, 11) is 0. The van der Waals surface area contributed by atoms with Crippen LogP contribution in [-0.4, -0.2) is 20.8 Å². The highest BCUT2D eigenvalue weighted by atomic mass is 32.2. The van der Waals surface area contributed by atoms with Crippen LogP contribution in [0, 0.1) is 6.92 Å². The van der Waals surface area contributed by atoms with Crippen molar-refractivity contribution in [1.29, 1.82) is 0 Å². The fraction of sp³-hybridized carbons (Fsp3) is 0.375. The molecule has 0 bridgehead atoms. The first-order valence-corrected chi connectivity index (χ1v) is 6.42. The molecule has 0 saturated carbocycles. The van der Waals surface area contributed by atoms with E-state index in [1.807, 2.05) is 13.2 Å². The van der Waals surface area contributed by atoms with Crippen LogP contribution < -0.4 is 5.73 Å². The Bertz CT molecular complexity index is 445. The minimum atomic E-state index is 0.461. The number of anilines is 1. The molecule has 2 aromatic heterocycles. The van der Waals surface area contributed by atoms with Crippen LogP contribution in [0.1, 0.15) is 11.5 Å². The van der Waals surface area contributed by atoms with Gasteiger partial charge in [0.05, 0.1) is 17.0 Å². The molecule has 0 aliphatic rings. The van der Waals surface area contributed by atoms with E-state index in [1.165, 1.54) is 11.5 Å². The van der Waals surface area contributed by atoms with Gasteiger partial charge in [0.1, 0.15) is 5.00 Å². The fourth-order valence-corrected chi connectivity index (χ4v) is 2.22. The van der Waals surface area contributed by atoms with E-state index in [9.17, 15) is 0 Å². The van der Waals surface area contributed by atoms with E-state index in [0.717, 1.165) is 17.0 Å². The number of thioether (sulfide) groups is 1. The summed E-state index contributed by atoms with van der Waals surface area (Å²) in [6.45, 7) is 1.88. The molecular formula is C8H10N4OS2. The summed E-state index contributed by atoms with van der Waals surface area (Å²) in [6.07, 6.45) is 1.99. The van der Waals surface area contributed by atoms with E-state index in [0.29, 0.717) is 16.7 Å². The van der Waals surface area contributed by atoms with Gasteiger partial charge in [-0.05, 0) is 24.7 Å². The van der Waals surface area contributed by atoms with Gasteiger partial charge in [0.2, 0.25) is 0 Å². The zero-order valence-electron chi connectivity index (χ0n) is 8.35. The summed E-state index contributed by atoms with van der Waals surface area (Å²) < 4.78 is 9.27. The van der Waals surface area contributed by atoms with Crippen LogP contribution in [0.3, 0.4) is 0 Å². The minimum Gasteiger partial charge on any atom is -0.389 e. The number of nitrogens with two attached hydrogens (primary N) is 1. The maximum absolute atomic E-state index is 5.78. The SMILES string of the molecule is CSCc1noc(-c2c(C)nsc2N)n1. The van der Waals surface area contributed by atoms with Crippen molar-refractivity contribution in [3.63, 3.8) is 0 Å². The molecular weight excluding hydrogens is 232 g/mol. The second kappa shape index (κ2) is 4.19. The average molecular weight is 242 g/mol. The zero-order chi connectivity index (χ0) is 10.8. The molecule has 2 rings (SSSR count). The first-order chi connectivity index (χ1) is 7.22. The van der Waals surface area contributed by atoms with Gasteiger partial charge in [-0.1, -0.05) is 5.16 Å². The van der Waals surface area contributed by atoms with Crippen LogP contribution >= 0.6 is 23.3 Å². The van der Waals surface area contributed by atoms with Crippen molar-refractivity contribution >= 4 is 28.3 Å². The molecule has 2 heterocycles. The van der Waals surface area contributed by atoms with Crippen molar-refractivity contribution in [3.05, 3.63) is 11.5 Å². The predicted octanol–water partition coefficient (Wildman–Crippen LogP) is 1.95. The standard InChI is InChI=1S/C8H10N4OS2/c1-4-6(7(9)15-12-4)8-10-5(3-14-2)11-13-8/h3,9H2,1-2H3. The lowest BCUT2D eigenvalue weighted by atomic mass is 10.2. The highest BCUT2D eigenvalue weighted by Crippen LogP contribution is 2.30. The molecule has 0 aliphatic carbocycles. The molecule has 0 radical (unpaired) electrons. The highest BCUT2D eigenvalue weighted by Gasteiger charge is 2.16. The Hall–Kier alpha value is -1.08. The van der Waals surface area contributed by atoms with Crippen LogP contribution in [0.25, 0.3) is 11.5 Å². The van der Waals surface area contributed by atoms with Crippen molar-refractivity contribution in [2.24, 2.45) is 0 Å². The van der Waals surface area contributed by atoms with Crippen molar-refractivity contribution < 1.29 is 4.52 Å². The number of nitrogen functional groups attached to an aromatic ring is 1. The summed E-state index contributed by atoms with van der Waals surface area (Å²) in [4.78, 5) is 4.25. The number of aryl methyl sites for hydroxylation is 1. The van der Waals surface area contributed by atoms with Gasteiger partial charge in [0, 0.05) is 0 Å². The first kappa shape index (κ1) is 10.4. The molecule has 0 spiro atoms. The topological polar surface area (TPSA) is 77.8 Å². The van der Waals surface area contributed by atoms with Crippen molar-refractivity contribution in [2.45, 2.75) is 12.7 Å².